The Morgan fingerprint density at radius 3 is 2.76 bits per heavy atom. The van der Waals surface area contributed by atoms with Crippen LogP contribution in [0.1, 0.15) is 32.2 Å². The normalized spacial score (nSPS) is 14.1. The Hall–Kier alpha value is -1.95. The van der Waals surface area contributed by atoms with Crippen LogP contribution in [0.3, 0.4) is 0 Å². The molecule has 1 amide bonds. The summed E-state index contributed by atoms with van der Waals surface area (Å²) in [6.45, 7) is 4.71. The van der Waals surface area contributed by atoms with E-state index in [1.165, 1.54) is 4.88 Å². The third kappa shape index (κ3) is 2.29. The van der Waals surface area contributed by atoms with E-state index in [9.17, 15) is 9.59 Å². The van der Waals surface area contributed by atoms with Gasteiger partial charge in [-0.05, 0) is 37.3 Å². The number of Topliss-reactive ketones (excluding diaryl/α,β-unsaturated/α-hetero) is 1. The van der Waals surface area contributed by atoms with Crippen molar-refractivity contribution in [3.05, 3.63) is 38.8 Å². The van der Waals surface area contributed by atoms with Gasteiger partial charge in [-0.1, -0.05) is 0 Å². The highest BCUT2D eigenvalue weighted by Gasteiger charge is 2.30. The van der Waals surface area contributed by atoms with Crippen LogP contribution in [0.5, 0.6) is 0 Å². The van der Waals surface area contributed by atoms with Gasteiger partial charge in [0, 0.05) is 30.7 Å². The van der Waals surface area contributed by atoms with Crippen LogP contribution in [0.15, 0.2) is 11.4 Å². The molecule has 0 spiro atoms. The van der Waals surface area contributed by atoms with Gasteiger partial charge in [0.25, 0.3) is 11.7 Å². The molecule has 0 N–H and O–H groups in total. The number of carbonyl (C=O) groups is 2. The molecule has 0 atom stereocenters. The fourth-order valence-corrected chi connectivity index (χ4v) is 3.66. The van der Waals surface area contributed by atoms with E-state index < -0.39 is 11.7 Å². The van der Waals surface area contributed by atoms with Gasteiger partial charge < -0.3 is 4.90 Å². The lowest BCUT2D eigenvalue weighted by atomic mass is 10.1. The summed E-state index contributed by atoms with van der Waals surface area (Å²) >= 11 is 1.72. The molecule has 0 bridgehead atoms. The minimum atomic E-state index is -0.447. The number of hydrogen-bond acceptors (Lipinski definition) is 4. The molecule has 0 unspecified atom stereocenters. The Kier molecular flexibility index (Phi) is 3.41. The van der Waals surface area contributed by atoms with Crippen LogP contribution in [0, 0.1) is 13.8 Å². The second kappa shape index (κ2) is 5.11. The standard InChI is InChI=1S/C15H17N3O2S/c1-9-13(10(2)17(3)16-9)14(19)15(20)18-6-4-12-11(8-18)5-7-21-12/h5,7H,4,6,8H2,1-3H3. The number of fused-ring (bicyclic) bond motifs is 1. The minimum absolute atomic E-state index is 0.425. The maximum atomic E-state index is 12.5. The number of ketones is 1. The van der Waals surface area contributed by atoms with Gasteiger partial charge in [-0.2, -0.15) is 5.10 Å². The van der Waals surface area contributed by atoms with Crippen LogP contribution in [-0.4, -0.2) is 32.9 Å². The highest BCUT2D eigenvalue weighted by atomic mass is 32.1. The molecular weight excluding hydrogens is 286 g/mol. The van der Waals surface area contributed by atoms with E-state index in [-0.39, 0.29) is 0 Å². The number of hydrogen-bond donors (Lipinski definition) is 0. The molecule has 0 saturated heterocycles. The van der Waals surface area contributed by atoms with Crippen LogP contribution in [-0.2, 0) is 24.8 Å². The molecule has 0 saturated carbocycles. The molecule has 2 aromatic heterocycles. The fraction of sp³-hybridized carbons (Fsp3) is 0.400. The van der Waals surface area contributed by atoms with Crippen molar-refractivity contribution in [2.45, 2.75) is 26.8 Å². The summed E-state index contributed by atoms with van der Waals surface area (Å²) in [5, 5.41) is 6.25. The molecule has 0 radical (unpaired) electrons. The van der Waals surface area contributed by atoms with E-state index in [0.717, 1.165) is 17.7 Å². The lowest BCUT2D eigenvalue weighted by Gasteiger charge is -2.26. The van der Waals surface area contributed by atoms with Gasteiger partial charge >= 0.3 is 0 Å². The molecule has 1 aliphatic heterocycles. The zero-order chi connectivity index (χ0) is 15.1. The molecule has 1 aliphatic rings. The highest BCUT2D eigenvalue weighted by molar-refractivity contribution is 7.10. The topological polar surface area (TPSA) is 55.2 Å². The van der Waals surface area contributed by atoms with Gasteiger partial charge in [0.15, 0.2) is 0 Å². The van der Waals surface area contributed by atoms with Crippen molar-refractivity contribution in [3.63, 3.8) is 0 Å². The van der Waals surface area contributed by atoms with Gasteiger partial charge in [-0.3, -0.25) is 14.3 Å². The number of thiophene rings is 1. The smallest absolute Gasteiger partial charge is 0.295 e. The first-order valence-electron chi connectivity index (χ1n) is 6.88. The number of nitrogens with zero attached hydrogens (tertiary/aromatic N) is 3. The Morgan fingerprint density at radius 1 is 1.33 bits per heavy atom. The number of aromatic nitrogens is 2. The van der Waals surface area contributed by atoms with Gasteiger partial charge in [0.05, 0.1) is 11.3 Å². The number of aryl methyl sites for hydroxylation is 2. The summed E-state index contributed by atoms with van der Waals surface area (Å²) in [6.07, 6.45) is 0.830. The first-order valence-corrected chi connectivity index (χ1v) is 7.76. The van der Waals surface area contributed by atoms with E-state index in [1.807, 2.05) is 18.4 Å². The summed E-state index contributed by atoms with van der Waals surface area (Å²) in [5.74, 6) is -0.872. The number of rotatable bonds is 2. The van der Waals surface area contributed by atoms with Crippen LogP contribution in [0.4, 0.5) is 0 Å². The molecule has 5 nitrogen and oxygen atoms in total. The van der Waals surface area contributed by atoms with E-state index in [2.05, 4.69) is 5.10 Å². The maximum Gasteiger partial charge on any atom is 0.295 e. The van der Waals surface area contributed by atoms with E-state index >= 15 is 0 Å². The van der Waals surface area contributed by atoms with Crippen LogP contribution >= 0.6 is 11.3 Å². The van der Waals surface area contributed by atoms with Gasteiger partial charge in [-0.25, -0.2) is 0 Å². The quantitative estimate of drug-likeness (QED) is 0.628. The lowest BCUT2D eigenvalue weighted by molar-refractivity contribution is -0.127. The van der Waals surface area contributed by atoms with Crippen molar-refractivity contribution in [1.82, 2.24) is 14.7 Å². The molecule has 0 fully saturated rings. The molecule has 3 rings (SSSR count). The maximum absolute atomic E-state index is 12.5. The van der Waals surface area contributed by atoms with Crippen LogP contribution in [0.25, 0.3) is 0 Å². The Balaban J connectivity index is 1.84. The van der Waals surface area contributed by atoms with Crippen LogP contribution < -0.4 is 0 Å². The lowest BCUT2D eigenvalue weighted by Crippen LogP contribution is -2.40. The monoisotopic (exact) mass is 303 g/mol. The van der Waals surface area contributed by atoms with Crippen molar-refractivity contribution >= 4 is 23.0 Å². The average molecular weight is 303 g/mol. The Morgan fingerprint density at radius 2 is 2.10 bits per heavy atom. The SMILES string of the molecule is Cc1nn(C)c(C)c1C(=O)C(=O)N1CCc2sccc2C1. The molecule has 110 valence electrons. The average Bonchev–Trinajstić information content (AvgIpc) is 3.02. The summed E-state index contributed by atoms with van der Waals surface area (Å²) in [7, 11) is 1.78. The summed E-state index contributed by atoms with van der Waals surface area (Å²) in [6, 6.07) is 2.03. The zero-order valence-corrected chi connectivity index (χ0v) is 13.2. The second-order valence-corrected chi connectivity index (χ2v) is 6.34. The van der Waals surface area contributed by atoms with Crippen molar-refractivity contribution in [3.8, 4) is 0 Å². The highest BCUT2D eigenvalue weighted by Crippen LogP contribution is 2.25. The Labute approximate surface area is 127 Å². The first-order chi connectivity index (χ1) is 9.99. The van der Waals surface area contributed by atoms with Gasteiger partial charge in [0.1, 0.15) is 0 Å². The van der Waals surface area contributed by atoms with Crippen molar-refractivity contribution < 1.29 is 9.59 Å². The predicted molar refractivity (Wildman–Crippen MR) is 80.5 cm³/mol. The third-order valence-corrected chi connectivity index (χ3v) is 5.05. The van der Waals surface area contributed by atoms with Crippen LogP contribution in [0.2, 0.25) is 0 Å². The van der Waals surface area contributed by atoms with E-state index in [0.29, 0.717) is 24.3 Å². The van der Waals surface area contributed by atoms with E-state index in [4.69, 9.17) is 0 Å². The largest absolute Gasteiger partial charge is 0.331 e. The summed E-state index contributed by atoms with van der Waals surface area (Å²) < 4.78 is 1.64. The molecule has 6 heteroatoms. The first kappa shape index (κ1) is 14.0. The third-order valence-electron chi connectivity index (χ3n) is 4.03. The molecule has 2 aromatic rings. The fourth-order valence-electron chi connectivity index (χ4n) is 2.77. The molecule has 3 heterocycles. The van der Waals surface area contributed by atoms with Crippen molar-refractivity contribution in [2.24, 2.45) is 7.05 Å². The van der Waals surface area contributed by atoms with Crippen molar-refractivity contribution in [1.29, 1.82) is 0 Å². The summed E-state index contributed by atoms with van der Waals surface area (Å²) in [4.78, 5) is 28.0. The molecule has 21 heavy (non-hydrogen) atoms. The van der Waals surface area contributed by atoms with E-state index in [1.54, 1.807) is 34.9 Å². The molecule has 0 aliphatic carbocycles. The number of amides is 1. The zero-order valence-electron chi connectivity index (χ0n) is 12.3. The molecule has 0 aromatic carbocycles. The minimum Gasteiger partial charge on any atom is -0.331 e. The molecular formula is C15H17N3O2S. The predicted octanol–water partition coefficient (Wildman–Crippen LogP) is 1.87. The van der Waals surface area contributed by atoms with Gasteiger partial charge in [-0.15, -0.1) is 11.3 Å². The summed E-state index contributed by atoms with van der Waals surface area (Å²) in [5.41, 5.74) is 2.95. The second-order valence-electron chi connectivity index (χ2n) is 5.34. The number of carbonyl (C=O) groups excluding carboxylic acids is 2. The Bertz CT molecular complexity index is 729. The van der Waals surface area contributed by atoms with Gasteiger partial charge in [0.2, 0.25) is 0 Å². The van der Waals surface area contributed by atoms with Crippen molar-refractivity contribution in [2.75, 3.05) is 6.54 Å².